The van der Waals surface area contributed by atoms with E-state index in [1.807, 2.05) is 36.1 Å². The third-order valence-electron chi connectivity index (χ3n) is 3.92. The Morgan fingerprint density at radius 2 is 2.30 bits per heavy atom. The van der Waals surface area contributed by atoms with Crippen LogP contribution in [0.4, 0.5) is 10.5 Å². The molecule has 1 fully saturated rings. The van der Waals surface area contributed by atoms with Gasteiger partial charge in [-0.25, -0.2) is 4.79 Å². The second-order valence-corrected chi connectivity index (χ2v) is 6.82. The van der Waals surface area contributed by atoms with Crippen LogP contribution in [0.25, 0.3) is 0 Å². The smallest absolute Gasteiger partial charge is 0.321 e. The maximum absolute atomic E-state index is 12.5. The fourth-order valence-electron chi connectivity index (χ4n) is 2.74. The van der Waals surface area contributed by atoms with Gasteiger partial charge >= 0.3 is 6.03 Å². The van der Waals surface area contributed by atoms with Crippen LogP contribution in [0.15, 0.2) is 24.3 Å². The number of urea groups is 1. The second kappa shape index (κ2) is 6.95. The summed E-state index contributed by atoms with van der Waals surface area (Å²) in [4.78, 5) is 14.3. The zero-order valence-corrected chi connectivity index (χ0v) is 14.1. The molecule has 1 aromatic carbocycles. The van der Waals surface area contributed by atoms with Crippen LogP contribution in [0.2, 0.25) is 0 Å². The monoisotopic (exact) mass is 332 g/mol. The Bertz CT molecular complexity index is 688. The second-order valence-electron chi connectivity index (χ2n) is 5.61. The van der Waals surface area contributed by atoms with Crippen molar-refractivity contribution in [3.05, 3.63) is 34.3 Å². The van der Waals surface area contributed by atoms with Crippen molar-refractivity contribution in [3.63, 3.8) is 0 Å². The largest absolute Gasteiger partial charge is 0.497 e. The van der Waals surface area contributed by atoms with Crippen molar-refractivity contribution in [1.29, 1.82) is 0 Å². The fraction of sp³-hybridized carbons (Fsp3) is 0.438. The van der Waals surface area contributed by atoms with Crippen molar-refractivity contribution < 1.29 is 9.53 Å². The van der Waals surface area contributed by atoms with Gasteiger partial charge in [0.05, 0.1) is 7.11 Å². The number of anilines is 1. The third-order valence-corrected chi connectivity index (χ3v) is 4.92. The Kier molecular flexibility index (Phi) is 4.76. The van der Waals surface area contributed by atoms with Crippen LogP contribution in [-0.4, -0.2) is 41.3 Å². The summed E-state index contributed by atoms with van der Waals surface area (Å²) in [5.74, 6) is 1.01. The van der Waals surface area contributed by atoms with Crippen molar-refractivity contribution in [2.75, 3.05) is 25.5 Å². The van der Waals surface area contributed by atoms with Crippen LogP contribution in [0, 0.1) is 6.92 Å². The lowest BCUT2D eigenvalue weighted by Gasteiger charge is -2.31. The van der Waals surface area contributed by atoms with Gasteiger partial charge in [0.25, 0.3) is 0 Å². The molecule has 3 rings (SSSR count). The van der Waals surface area contributed by atoms with E-state index in [9.17, 15) is 4.79 Å². The Labute approximate surface area is 139 Å². The van der Waals surface area contributed by atoms with Crippen LogP contribution < -0.4 is 10.1 Å². The summed E-state index contributed by atoms with van der Waals surface area (Å²) in [6, 6.07) is 7.30. The summed E-state index contributed by atoms with van der Waals surface area (Å²) in [6.45, 7) is 3.41. The van der Waals surface area contributed by atoms with Gasteiger partial charge in [0.2, 0.25) is 0 Å². The molecule has 1 saturated heterocycles. The third kappa shape index (κ3) is 3.79. The van der Waals surface area contributed by atoms with Gasteiger partial charge in [-0.15, -0.1) is 21.5 Å². The topological polar surface area (TPSA) is 67.3 Å². The van der Waals surface area contributed by atoms with E-state index in [1.54, 1.807) is 18.4 Å². The number of hydrogen-bond acceptors (Lipinski definition) is 5. The molecule has 1 atom stereocenters. The molecule has 0 spiro atoms. The molecule has 2 amide bonds. The minimum Gasteiger partial charge on any atom is -0.497 e. The average Bonchev–Trinajstić information content (AvgIpc) is 3.01. The molecule has 1 aliphatic rings. The van der Waals surface area contributed by atoms with E-state index in [1.165, 1.54) is 0 Å². The molecule has 23 heavy (non-hydrogen) atoms. The molecule has 2 heterocycles. The van der Waals surface area contributed by atoms with Crippen LogP contribution in [0.3, 0.4) is 0 Å². The molecule has 0 bridgehead atoms. The Hall–Kier alpha value is -2.15. The number of piperidine rings is 1. The van der Waals surface area contributed by atoms with Gasteiger partial charge in [-0.3, -0.25) is 0 Å². The van der Waals surface area contributed by atoms with Gasteiger partial charge in [0.15, 0.2) is 0 Å². The highest BCUT2D eigenvalue weighted by molar-refractivity contribution is 7.11. The Morgan fingerprint density at radius 1 is 1.43 bits per heavy atom. The van der Waals surface area contributed by atoms with E-state index < -0.39 is 0 Å². The standard InChI is InChI=1S/C16H20N4O2S/c1-11-18-19-15(23-11)12-5-4-8-20(10-12)16(21)17-13-6-3-7-14(9-13)22-2/h3,6-7,9,12H,4-5,8,10H2,1-2H3,(H,17,21). The zero-order chi connectivity index (χ0) is 16.2. The number of ether oxygens (including phenoxy) is 1. The number of carbonyl (C=O) groups is 1. The minimum atomic E-state index is -0.0795. The highest BCUT2D eigenvalue weighted by Crippen LogP contribution is 2.29. The van der Waals surface area contributed by atoms with Gasteiger partial charge in [-0.2, -0.15) is 0 Å². The molecule has 7 heteroatoms. The minimum absolute atomic E-state index is 0.0795. The molecule has 122 valence electrons. The number of aromatic nitrogens is 2. The number of nitrogens with one attached hydrogen (secondary N) is 1. The molecule has 1 aliphatic heterocycles. The van der Waals surface area contributed by atoms with Crippen LogP contribution in [-0.2, 0) is 0 Å². The first-order valence-corrected chi connectivity index (χ1v) is 8.47. The predicted molar refractivity (Wildman–Crippen MR) is 90.2 cm³/mol. The molecule has 1 aromatic heterocycles. The zero-order valence-electron chi connectivity index (χ0n) is 13.3. The van der Waals surface area contributed by atoms with Gasteiger partial charge in [0.1, 0.15) is 15.8 Å². The number of rotatable bonds is 3. The predicted octanol–water partition coefficient (Wildman–Crippen LogP) is 3.27. The van der Waals surface area contributed by atoms with E-state index in [-0.39, 0.29) is 11.9 Å². The van der Waals surface area contributed by atoms with Gasteiger partial charge in [-0.05, 0) is 31.9 Å². The summed E-state index contributed by atoms with van der Waals surface area (Å²) in [6.07, 6.45) is 2.03. The Balaban J connectivity index is 1.64. The highest BCUT2D eigenvalue weighted by atomic mass is 32.1. The maximum Gasteiger partial charge on any atom is 0.321 e. The summed E-state index contributed by atoms with van der Waals surface area (Å²) in [7, 11) is 1.61. The van der Waals surface area contributed by atoms with Crippen LogP contribution in [0.1, 0.15) is 28.8 Å². The lowest BCUT2D eigenvalue weighted by molar-refractivity contribution is 0.192. The number of methoxy groups -OCH3 is 1. The number of likely N-dealkylation sites (tertiary alicyclic amines) is 1. The maximum atomic E-state index is 12.5. The van der Waals surface area contributed by atoms with E-state index in [0.717, 1.165) is 40.8 Å². The van der Waals surface area contributed by atoms with E-state index in [2.05, 4.69) is 15.5 Å². The molecule has 0 aliphatic carbocycles. The summed E-state index contributed by atoms with van der Waals surface area (Å²) >= 11 is 1.62. The van der Waals surface area contributed by atoms with Crippen molar-refractivity contribution >= 4 is 23.1 Å². The average molecular weight is 332 g/mol. The highest BCUT2D eigenvalue weighted by Gasteiger charge is 2.27. The van der Waals surface area contributed by atoms with E-state index in [0.29, 0.717) is 6.54 Å². The molecule has 2 aromatic rings. The molecular formula is C16H20N4O2S. The fourth-order valence-corrected chi connectivity index (χ4v) is 3.57. The first-order chi connectivity index (χ1) is 11.2. The summed E-state index contributed by atoms with van der Waals surface area (Å²) in [5.41, 5.74) is 0.739. The first kappa shape index (κ1) is 15.7. The Morgan fingerprint density at radius 3 is 3.04 bits per heavy atom. The molecular weight excluding hydrogens is 312 g/mol. The quantitative estimate of drug-likeness (QED) is 0.937. The summed E-state index contributed by atoms with van der Waals surface area (Å²) < 4.78 is 5.18. The number of hydrogen-bond donors (Lipinski definition) is 1. The van der Waals surface area contributed by atoms with Gasteiger partial charge < -0.3 is 15.0 Å². The van der Waals surface area contributed by atoms with Crippen molar-refractivity contribution in [1.82, 2.24) is 15.1 Å². The molecule has 0 radical (unpaired) electrons. The van der Waals surface area contributed by atoms with Gasteiger partial charge in [0, 0.05) is 30.8 Å². The van der Waals surface area contributed by atoms with Crippen LogP contribution >= 0.6 is 11.3 Å². The molecule has 0 saturated carbocycles. The lowest BCUT2D eigenvalue weighted by atomic mass is 9.99. The van der Waals surface area contributed by atoms with Crippen molar-refractivity contribution in [2.45, 2.75) is 25.7 Å². The first-order valence-electron chi connectivity index (χ1n) is 7.65. The van der Waals surface area contributed by atoms with Crippen molar-refractivity contribution in [2.24, 2.45) is 0 Å². The number of nitrogens with zero attached hydrogens (tertiary/aromatic N) is 3. The molecule has 1 N–H and O–H groups in total. The summed E-state index contributed by atoms with van der Waals surface area (Å²) in [5, 5.41) is 13.3. The van der Waals surface area contributed by atoms with Crippen molar-refractivity contribution in [3.8, 4) is 5.75 Å². The van der Waals surface area contributed by atoms with E-state index in [4.69, 9.17) is 4.74 Å². The molecule has 1 unspecified atom stereocenters. The number of amides is 2. The van der Waals surface area contributed by atoms with Crippen LogP contribution in [0.5, 0.6) is 5.75 Å². The van der Waals surface area contributed by atoms with E-state index >= 15 is 0 Å². The van der Waals surface area contributed by atoms with Gasteiger partial charge in [-0.1, -0.05) is 6.07 Å². The number of carbonyl (C=O) groups excluding carboxylic acids is 1. The number of benzene rings is 1. The molecule has 6 nitrogen and oxygen atoms in total. The SMILES string of the molecule is COc1cccc(NC(=O)N2CCCC(c3nnc(C)s3)C2)c1. The number of aryl methyl sites for hydroxylation is 1. The normalized spacial score (nSPS) is 17.8. The lowest BCUT2D eigenvalue weighted by Crippen LogP contribution is -2.41.